The summed E-state index contributed by atoms with van der Waals surface area (Å²) in [7, 11) is -3.61. The zero-order chi connectivity index (χ0) is 25.2. The molecule has 1 saturated heterocycles. The summed E-state index contributed by atoms with van der Waals surface area (Å²) in [6, 6.07) is 13.6. The van der Waals surface area contributed by atoms with E-state index < -0.39 is 15.9 Å². The largest absolute Gasteiger partial charge is 0.403 e. The zero-order valence-corrected chi connectivity index (χ0v) is 21.9. The smallest absolute Gasteiger partial charge is 0.322 e. The van der Waals surface area contributed by atoms with Gasteiger partial charge in [-0.3, -0.25) is 10.1 Å². The first-order valence-corrected chi connectivity index (χ1v) is 14.0. The average Bonchev–Trinajstić information content (AvgIpc) is 3.27. The molecular formula is C25H30N4O4S2. The minimum absolute atomic E-state index is 0.0279. The number of carbonyl (C=O) groups is 1. The Labute approximate surface area is 210 Å². The van der Waals surface area contributed by atoms with Gasteiger partial charge in [-0.25, -0.2) is 8.42 Å². The van der Waals surface area contributed by atoms with Gasteiger partial charge in [-0.05, 0) is 60.7 Å². The second-order valence-electron chi connectivity index (χ2n) is 9.35. The summed E-state index contributed by atoms with van der Waals surface area (Å²) in [6.45, 7) is 9.38. The summed E-state index contributed by atoms with van der Waals surface area (Å²) >= 11 is 1.73. The van der Waals surface area contributed by atoms with E-state index in [-0.39, 0.29) is 10.9 Å². The number of nitrogens with zero attached hydrogens (tertiary/aromatic N) is 3. The Balaban J connectivity index is 1.44. The third kappa shape index (κ3) is 6.12. The van der Waals surface area contributed by atoms with Crippen LogP contribution in [0.4, 0.5) is 6.01 Å². The molecule has 3 aromatic rings. The Kier molecular flexibility index (Phi) is 7.63. The minimum Gasteiger partial charge on any atom is -0.403 e. The molecule has 2 aromatic carbocycles. The van der Waals surface area contributed by atoms with E-state index in [0.717, 1.165) is 16.9 Å². The predicted molar refractivity (Wildman–Crippen MR) is 137 cm³/mol. The Hall–Kier alpha value is -2.69. The first kappa shape index (κ1) is 25.4. The molecule has 0 spiro atoms. The van der Waals surface area contributed by atoms with Crippen LogP contribution in [0.25, 0.3) is 11.5 Å². The SMILES string of the molecule is CC1CC(C)CN(S(=O)(=O)c2ccc(C(=O)Nc3nnc(-c4cccc(SC(C)C)c4)o3)cc2)C1. The highest BCUT2D eigenvalue weighted by atomic mass is 32.2. The molecule has 2 heterocycles. The summed E-state index contributed by atoms with van der Waals surface area (Å²) < 4.78 is 33.3. The molecule has 35 heavy (non-hydrogen) atoms. The first-order valence-electron chi connectivity index (χ1n) is 11.6. The maximum Gasteiger partial charge on any atom is 0.322 e. The lowest BCUT2D eigenvalue weighted by molar-refractivity contribution is 0.102. The van der Waals surface area contributed by atoms with Crippen LogP contribution < -0.4 is 5.32 Å². The summed E-state index contributed by atoms with van der Waals surface area (Å²) in [6.07, 6.45) is 1.02. The van der Waals surface area contributed by atoms with Gasteiger partial charge in [-0.1, -0.05) is 38.9 Å². The van der Waals surface area contributed by atoms with Crippen LogP contribution in [0.5, 0.6) is 0 Å². The van der Waals surface area contributed by atoms with Gasteiger partial charge in [0.1, 0.15) is 0 Å². The second kappa shape index (κ2) is 10.5. The quantitative estimate of drug-likeness (QED) is 0.434. The van der Waals surface area contributed by atoms with Crippen LogP contribution >= 0.6 is 11.8 Å². The fraction of sp³-hybridized carbons (Fsp3) is 0.400. The molecule has 186 valence electrons. The van der Waals surface area contributed by atoms with Gasteiger partial charge >= 0.3 is 6.01 Å². The van der Waals surface area contributed by atoms with E-state index in [1.54, 1.807) is 11.8 Å². The highest BCUT2D eigenvalue weighted by Crippen LogP contribution is 2.29. The maximum absolute atomic E-state index is 13.1. The fourth-order valence-corrected chi connectivity index (χ4v) is 6.84. The summed E-state index contributed by atoms with van der Waals surface area (Å²) in [4.78, 5) is 13.9. The van der Waals surface area contributed by atoms with Crippen molar-refractivity contribution in [3.05, 3.63) is 54.1 Å². The topological polar surface area (TPSA) is 105 Å². The van der Waals surface area contributed by atoms with Gasteiger partial charge in [-0.15, -0.1) is 16.9 Å². The van der Waals surface area contributed by atoms with Crippen LogP contribution in [0, 0.1) is 11.8 Å². The molecule has 8 nitrogen and oxygen atoms in total. The van der Waals surface area contributed by atoms with Gasteiger partial charge in [0, 0.05) is 34.4 Å². The molecule has 0 radical (unpaired) electrons. The van der Waals surface area contributed by atoms with Crippen molar-refractivity contribution >= 4 is 33.7 Å². The van der Waals surface area contributed by atoms with Gasteiger partial charge in [0.2, 0.25) is 15.9 Å². The lowest BCUT2D eigenvalue weighted by Gasteiger charge is -2.34. The van der Waals surface area contributed by atoms with Crippen molar-refractivity contribution < 1.29 is 17.6 Å². The Bertz CT molecular complexity index is 1280. The van der Waals surface area contributed by atoms with Crippen LogP contribution in [-0.4, -0.2) is 47.2 Å². The number of piperidine rings is 1. The molecule has 10 heteroatoms. The number of thioether (sulfide) groups is 1. The zero-order valence-electron chi connectivity index (χ0n) is 20.3. The molecule has 0 aliphatic carbocycles. The number of amides is 1. The molecule has 1 fully saturated rings. The number of carbonyl (C=O) groups excluding carboxylic acids is 1. The maximum atomic E-state index is 13.1. The van der Waals surface area contributed by atoms with E-state index in [1.807, 2.05) is 24.3 Å². The van der Waals surface area contributed by atoms with E-state index in [9.17, 15) is 13.2 Å². The van der Waals surface area contributed by atoms with Gasteiger partial charge in [0.25, 0.3) is 5.91 Å². The van der Waals surface area contributed by atoms with Gasteiger partial charge in [0.05, 0.1) is 4.90 Å². The number of rotatable bonds is 7. The molecule has 1 N–H and O–H groups in total. The Morgan fingerprint density at radius 3 is 2.43 bits per heavy atom. The van der Waals surface area contributed by atoms with Crippen molar-refractivity contribution in [2.45, 2.75) is 49.2 Å². The van der Waals surface area contributed by atoms with Crippen LogP contribution in [-0.2, 0) is 10.0 Å². The monoisotopic (exact) mass is 514 g/mol. The van der Waals surface area contributed by atoms with Crippen molar-refractivity contribution in [2.75, 3.05) is 18.4 Å². The molecule has 4 rings (SSSR count). The molecule has 2 unspecified atom stereocenters. The normalized spacial score (nSPS) is 19.1. The third-order valence-electron chi connectivity index (χ3n) is 5.69. The molecule has 1 amide bonds. The second-order valence-corrected chi connectivity index (χ2v) is 12.9. The van der Waals surface area contributed by atoms with Crippen molar-refractivity contribution in [1.82, 2.24) is 14.5 Å². The van der Waals surface area contributed by atoms with Crippen LogP contribution in [0.1, 0.15) is 44.5 Å². The predicted octanol–water partition coefficient (Wildman–Crippen LogP) is 5.16. The van der Waals surface area contributed by atoms with Crippen LogP contribution in [0.15, 0.2) is 62.7 Å². The Morgan fingerprint density at radius 2 is 1.77 bits per heavy atom. The number of nitrogens with one attached hydrogen (secondary N) is 1. The summed E-state index contributed by atoms with van der Waals surface area (Å²) in [5.41, 5.74) is 1.05. The number of hydrogen-bond donors (Lipinski definition) is 1. The minimum atomic E-state index is -3.61. The lowest BCUT2D eigenvalue weighted by atomic mass is 9.94. The average molecular weight is 515 g/mol. The number of anilines is 1. The first-order chi connectivity index (χ1) is 16.6. The molecule has 1 aromatic heterocycles. The molecule has 1 aliphatic rings. The van der Waals surface area contributed by atoms with Crippen LogP contribution in [0.2, 0.25) is 0 Å². The van der Waals surface area contributed by atoms with Gasteiger partial charge in [-0.2, -0.15) is 4.31 Å². The van der Waals surface area contributed by atoms with Crippen molar-refractivity contribution in [3.63, 3.8) is 0 Å². The van der Waals surface area contributed by atoms with E-state index in [0.29, 0.717) is 41.6 Å². The van der Waals surface area contributed by atoms with Crippen molar-refractivity contribution in [3.8, 4) is 11.5 Å². The molecule has 2 atom stereocenters. The summed E-state index contributed by atoms with van der Waals surface area (Å²) in [5, 5.41) is 11.0. The van der Waals surface area contributed by atoms with E-state index >= 15 is 0 Å². The standard InChI is InChI=1S/C25H30N4O4S2/c1-16(2)34-21-7-5-6-20(13-21)24-27-28-25(33-24)26-23(30)19-8-10-22(11-9-19)35(31,32)29-14-17(3)12-18(4)15-29/h5-11,13,16-18H,12,14-15H2,1-4H3,(H,26,28,30). The highest BCUT2D eigenvalue weighted by molar-refractivity contribution is 7.99. The van der Waals surface area contributed by atoms with E-state index in [1.165, 1.54) is 28.6 Å². The number of benzene rings is 2. The highest BCUT2D eigenvalue weighted by Gasteiger charge is 2.31. The van der Waals surface area contributed by atoms with Crippen molar-refractivity contribution in [2.24, 2.45) is 11.8 Å². The molecule has 1 aliphatic heterocycles. The van der Waals surface area contributed by atoms with Crippen molar-refractivity contribution in [1.29, 1.82) is 0 Å². The lowest BCUT2D eigenvalue weighted by Crippen LogP contribution is -2.42. The Morgan fingerprint density at radius 1 is 1.09 bits per heavy atom. The number of hydrogen-bond acceptors (Lipinski definition) is 7. The molecule has 0 bridgehead atoms. The van der Waals surface area contributed by atoms with Gasteiger partial charge in [0.15, 0.2) is 0 Å². The third-order valence-corrected chi connectivity index (χ3v) is 8.53. The molecular weight excluding hydrogens is 484 g/mol. The summed E-state index contributed by atoms with van der Waals surface area (Å²) in [5.74, 6) is 0.468. The number of aromatic nitrogens is 2. The van der Waals surface area contributed by atoms with Gasteiger partial charge < -0.3 is 4.42 Å². The van der Waals surface area contributed by atoms with Crippen LogP contribution in [0.3, 0.4) is 0 Å². The van der Waals surface area contributed by atoms with E-state index in [4.69, 9.17) is 4.42 Å². The fourth-order valence-electron chi connectivity index (χ4n) is 4.26. The van der Waals surface area contributed by atoms with E-state index in [2.05, 4.69) is 43.2 Å². The molecule has 0 saturated carbocycles. The number of sulfonamides is 1.